The van der Waals surface area contributed by atoms with Gasteiger partial charge in [0.1, 0.15) is 0 Å². The first-order chi connectivity index (χ1) is 9.11. The van der Waals surface area contributed by atoms with Gasteiger partial charge < -0.3 is 10.4 Å². The predicted octanol–water partition coefficient (Wildman–Crippen LogP) is 4.79. The van der Waals surface area contributed by atoms with Crippen molar-refractivity contribution in [3.63, 3.8) is 0 Å². The molecule has 19 heavy (non-hydrogen) atoms. The summed E-state index contributed by atoms with van der Waals surface area (Å²) in [7, 11) is 0. The molecule has 0 amide bonds. The highest BCUT2D eigenvalue weighted by Crippen LogP contribution is 2.30. The van der Waals surface area contributed by atoms with Crippen molar-refractivity contribution in [3.8, 4) is 0 Å². The highest BCUT2D eigenvalue weighted by Gasteiger charge is 2.15. The normalized spacial score (nSPS) is 12.2. The van der Waals surface area contributed by atoms with E-state index in [0.29, 0.717) is 15.1 Å². The highest BCUT2D eigenvalue weighted by atomic mass is 35.5. The van der Waals surface area contributed by atoms with E-state index in [1.165, 1.54) is 0 Å². The second-order valence-electron chi connectivity index (χ2n) is 4.03. The van der Waals surface area contributed by atoms with E-state index >= 15 is 0 Å². The molecule has 0 radical (unpaired) electrons. The van der Waals surface area contributed by atoms with Gasteiger partial charge in [0.25, 0.3) is 0 Å². The lowest BCUT2D eigenvalue weighted by Gasteiger charge is -2.20. The molecule has 0 saturated heterocycles. The standard InChI is InChI=1S/C14H12Cl3NO/c15-9-5-6-10(12(17)7-9)14(8-19)18-13-4-2-1-3-11(13)16/h1-7,14,18-19H,8H2. The van der Waals surface area contributed by atoms with Gasteiger partial charge in [-0.1, -0.05) is 53.0 Å². The molecule has 0 aliphatic heterocycles. The van der Waals surface area contributed by atoms with Crippen molar-refractivity contribution in [1.29, 1.82) is 0 Å². The Hall–Kier alpha value is -0.930. The van der Waals surface area contributed by atoms with Crippen molar-refractivity contribution in [3.05, 3.63) is 63.1 Å². The fourth-order valence-electron chi connectivity index (χ4n) is 1.77. The molecule has 0 saturated carbocycles. The summed E-state index contributed by atoms with van der Waals surface area (Å²) in [5.41, 5.74) is 1.52. The molecular weight excluding hydrogens is 305 g/mol. The number of hydrogen-bond acceptors (Lipinski definition) is 2. The van der Waals surface area contributed by atoms with Crippen molar-refractivity contribution in [1.82, 2.24) is 0 Å². The summed E-state index contributed by atoms with van der Waals surface area (Å²) in [6, 6.07) is 12.2. The van der Waals surface area contributed by atoms with E-state index in [1.807, 2.05) is 18.2 Å². The zero-order chi connectivity index (χ0) is 13.8. The molecule has 1 atom stereocenters. The van der Waals surface area contributed by atoms with Crippen LogP contribution in [0.4, 0.5) is 5.69 Å². The molecule has 0 spiro atoms. The first-order valence-electron chi connectivity index (χ1n) is 5.68. The van der Waals surface area contributed by atoms with Crippen LogP contribution in [-0.2, 0) is 0 Å². The van der Waals surface area contributed by atoms with Gasteiger partial charge >= 0.3 is 0 Å². The SMILES string of the molecule is OCC(Nc1ccccc1Cl)c1ccc(Cl)cc1Cl. The van der Waals surface area contributed by atoms with Crippen LogP contribution >= 0.6 is 34.8 Å². The third-order valence-electron chi connectivity index (χ3n) is 2.72. The Morgan fingerprint density at radius 2 is 1.74 bits per heavy atom. The minimum Gasteiger partial charge on any atom is -0.394 e. The Morgan fingerprint density at radius 3 is 2.37 bits per heavy atom. The van der Waals surface area contributed by atoms with Crippen LogP contribution < -0.4 is 5.32 Å². The maximum atomic E-state index is 9.53. The van der Waals surface area contributed by atoms with E-state index < -0.39 is 0 Å². The largest absolute Gasteiger partial charge is 0.394 e. The maximum Gasteiger partial charge on any atom is 0.0759 e. The second-order valence-corrected chi connectivity index (χ2v) is 5.28. The Morgan fingerprint density at radius 1 is 1.00 bits per heavy atom. The van der Waals surface area contributed by atoms with Gasteiger partial charge in [-0.15, -0.1) is 0 Å². The molecule has 2 nitrogen and oxygen atoms in total. The third-order valence-corrected chi connectivity index (χ3v) is 3.62. The second kappa shape index (κ2) is 6.49. The number of hydrogen-bond donors (Lipinski definition) is 2. The summed E-state index contributed by atoms with van der Waals surface area (Å²) < 4.78 is 0. The average molecular weight is 317 g/mol. The van der Waals surface area contributed by atoms with Crippen molar-refractivity contribution in [2.24, 2.45) is 0 Å². The van der Waals surface area contributed by atoms with Crippen LogP contribution in [0.5, 0.6) is 0 Å². The third kappa shape index (κ3) is 3.54. The van der Waals surface area contributed by atoms with Crippen molar-refractivity contribution in [2.75, 3.05) is 11.9 Å². The van der Waals surface area contributed by atoms with Gasteiger partial charge in [0.15, 0.2) is 0 Å². The summed E-state index contributed by atoms with van der Waals surface area (Å²) in [4.78, 5) is 0. The Balaban J connectivity index is 2.28. The molecule has 2 aromatic rings. The quantitative estimate of drug-likeness (QED) is 0.850. The molecule has 2 aromatic carbocycles. The molecule has 0 aliphatic rings. The van der Waals surface area contributed by atoms with Gasteiger partial charge in [0.05, 0.1) is 23.4 Å². The molecular formula is C14H12Cl3NO. The molecule has 0 heterocycles. The van der Waals surface area contributed by atoms with Crippen LogP contribution in [0.2, 0.25) is 15.1 Å². The van der Waals surface area contributed by atoms with E-state index in [4.69, 9.17) is 34.8 Å². The minimum atomic E-state index is -0.343. The Kier molecular flexibility index (Phi) is 4.94. The minimum absolute atomic E-state index is 0.105. The van der Waals surface area contributed by atoms with Crippen LogP contribution in [0.25, 0.3) is 0 Å². The first kappa shape index (κ1) is 14.5. The van der Waals surface area contributed by atoms with Crippen LogP contribution in [0.1, 0.15) is 11.6 Å². The molecule has 0 fully saturated rings. The van der Waals surface area contributed by atoms with E-state index in [0.717, 1.165) is 11.3 Å². The lowest BCUT2D eigenvalue weighted by molar-refractivity contribution is 0.276. The van der Waals surface area contributed by atoms with Crippen molar-refractivity contribution >= 4 is 40.5 Å². The van der Waals surface area contributed by atoms with Crippen LogP contribution in [0, 0.1) is 0 Å². The lowest BCUT2D eigenvalue weighted by Crippen LogP contribution is -2.15. The van der Waals surface area contributed by atoms with Crippen LogP contribution in [-0.4, -0.2) is 11.7 Å². The molecule has 2 rings (SSSR count). The average Bonchev–Trinajstić information content (AvgIpc) is 2.39. The number of aliphatic hydroxyl groups excluding tert-OH is 1. The fourth-order valence-corrected chi connectivity index (χ4v) is 2.50. The smallest absolute Gasteiger partial charge is 0.0759 e. The van der Waals surface area contributed by atoms with E-state index in [2.05, 4.69) is 5.32 Å². The summed E-state index contributed by atoms with van der Waals surface area (Å²) >= 11 is 18.1. The van der Waals surface area contributed by atoms with Gasteiger partial charge in [-0.25, -0.2) is 0 Å². The summed E-state index contributed by atoms with van der Waals surface area (Å²) in [5, 5.41) is 14.3. The van der Waals surface area contributed by atoms with Crippen molar-refractivity contribution in [2.45, 2.75) is 6.04 Å². The fraction of sp³-hybridized carbons (Fsp3) is 0.143. The molecule has 0 aromatic heterocycles. The first-order valence-corrected chi connectivity index (χ1v) is 6.82. The van der Waals surface area contributed by atoms with E-state index in [-0.39, 0.29) is 12.6 Å². The van der Waals surface area contributed by atoms with Crippen LogP contribution in [0.3, 0.4) is 0 Å². The van der Waals surface area contributed by atoms with Crippen LogP contribution in [0.15, 0.2) is 42.5 Å². The van der Waals surface area contributed by atoms with Gasteiger partial charge in [-0.3, -0.25) is 0 Å². The number of rotatable bonds is 4. The van der Waals surface area contributed by atoms with E-state index in [1.54, 1.807) is 24.3 Å². The monoisotopic (exact) mass is 315 g/mol. The Labute approximate surface area is 126 Å². The predicted molar refractivity (Wildman–Crippen MR) is 81.4 cm³/mol. The number of halogens is 3. The molecule has 2 N–H and O–H groups in total. The van der Waals surface area contributed by atoms with Gasteiger partial charge in [0, 0.05) is 10.0 Å². The highest BCUT2D eigenvalue weighted by molar-refractivity contribution is 6.35. The number of benzene rings is 2. The molecule has 0 bridgehead atoms. The topological polar surface area (TPSA) is 32.3 Å². The number of aliphatic hydroxyl groups is 1. The zero-order valence-electron chi connectivity index (χ0n) is 9.91. The summed E-state index contributed by atoms with van der Waals surface area (Å²) in [6.07, 6.45) is 0. The summed E-state index contributed by atoms with van der Waals surface area (Å²) in [5.74, 6) is 0. The zero-order valence-corrected chi connectivity index (χ0v) is 12.2. The number of anilines is 1. The van der Waals surface area contributed by atoms with Gasteiger partial charge in [0.2, 0.25) is 0 Å². The Bertz CT molecular complexity index is 574. The molecule has 5 heteroatoms. The van der Waals surface area contributed by atoms with Crippen molar-refractivity contribution < 1.29 is 5.11 Å². The number of nitrogens with one attached hydrogen (secondary N) is 1. The van der Waals surface area contributed by atoms with E-state index in [9.17, 15) is 5.11 Å². The maximum absolute atomic E-state index is 9.53. The molecule has 100 valence electrons. The van der Waals surface area contributed by atoms with Gasteiger partial charge in [-0.2, -0.15) is 0 Å². The molecule has 1 unspecified atom stereocenters. The lowest BCUT2D eigenvalue weighted by atomic mass is 10.1. The molecule has 0 aliphatic carbocycles. The van der Waals surface area contributed by atoms with Gasteiger partial charge in [-0.05, 0) is 29.8 Å². The number of para-hydroxylation sites is 1. The summed E-state index contributed by atoms with van der Waals surface area (Å²) in [6.45, 7) is -0.105.